The Morgan fingerprint density at radius 1 is 1.24 bits per heavy atom. The van der Waals surface area contributed by atoms with Crippen molar-refractivity contribution < 1.29 is 14.6 Å². The van der Waals surface area contributed by atoms with Crippen LogP contribution in [0.2, 0.25) is 0 Å². The van der Waals surface area contributed by atoms with Gasteiger partial charge in [0.1, 0.15) is 5.75 Å². The van der Waals surface area contributed by atoms with Gasteiger partial charge in [0, 0.05) is 31.9 Å². The minimum absolute atomic E-state index is 0.0522. The molecule has 2 fully saturated rings. The summed E-state index contributed by atoms with van der Waals surface area (Å²) in [6, 6.07) is 6.78. The minimum Gasteiger partial charge on any atom is -0.508 e. The smallest absolute Gasteiger partial charge is 0.227 e. The van der Waals surface area contributed by atoms with E-state index in [0.717, 1.165) is 30.8 Å². The molecule has 2 atom stereocenters. The number of ether oxygens (including phenoxy) is 1. The Kier molecular flexibility index (Phi) is 6.16. The van der Waals surface area contributed by atoms with Crippen molar-refractivity contribution in [2.45, 2.75) is 37.8 Å². The molecule has 1 N–H and O–H groups in total. The molecule has 3 heterocycles. The number of morpholine rings is 1. The van der Waals surface area contributed by atoms with Gasteiger partial charge in [-0.15, -0.1) is 0 Å². The van der Waals surface area contributed by atoms with E-state index in [0.29, 0.717) is 13.2 Å². The van der Waals surface area contributed by atoms with Gasteiger partial charge in [-0.25, -0.2) is 0 Å². The molecule has 2 aliphatic heterocycles. The first-order chi connectivity index (χ1) is 14.1. The maximum atomic E-state index is 13.3. The number of phenolic OH excluding ortho intramolecular Hbond substituents is 1. The lowest BCUT2D eigenvalue weighted by atomic mass is 9.98. The zero-order valence-electron chi connectivity index (χ0n) is 17.0. The number of rotatable bonds is 5. The molecule has 0 aliphatic carbocycles. The lowest BCUT2D eigenvalue weighted by Gasteiger charge is -2.43. The van der Waals surface area contributed by atoms with Gasteiger partial charge < -0.3 is 19.6 Å². The van der Waals surface area contributed by atoms with Crippen molar-refractivity contribution in [2.24, 2.45) is 7.05 Å². The highest BCUT2D eigenvalue weighted by Gasteiger charge is 2.38. The summed E-state index contributed by atoms with van der Waals surface area (Å²) in [5.41, 5.74) is 1.83. The van der Waals surface area contributed by atoms with Gasteiger partial charge in [0.15, 0.2) is 0 Å². The van der Waals surface area contributed by atoms with E-state index in [1.807, 2.05) is 30.4 Å². The van der Waals surface area contributed by atoms with Crippen molar-refractivity contribution in [2.75, 3.05) is 32.8 Å². The predicted molar refractivity (Wildman–Crippen MR) is 110 cm³/mol. The van der Waals surface area contributed by atoms with Crippen molar-refractivity contribution in [1.82, 2.24) is 19.6 Å². The molecule has 0 unspecified atom stereocenters. The molecule has 1 amide bonds. The van der Waals surface area contributed by atoms with Crippen LogP contribution >= 0.6 is 0 Å². The summed E-state index contributed by atoms with van der Waals surface area (Å²) in [4.78, 5) is 17.7. The number of phenols is 1. The number of piperidine rings is 1. The third-order valence-corrected chi connectivity index (χ3v) is 5.89. The molecular weight excluding hydrogens is 368 g/mol. The second-order valence-electron chi connectivity index (χ2n) is 8.10. The van der Waals surface area contributed by atoms with E-state index in [-0.39, 0.29) is 30.2 Å². The molecule has 1 aromatic carbocycles. The Morgan fingerprint density at radius 3 is 2.79 bits per heavy atom. The minimum atomic E-state index is -0.149. The molecule has 7 nitrogen and oxygen atoms in total. The second kappa shape index (κ2) is 8.97. The first kappa shape index (κ1) is 19.9. The van der Waals surface area contributed by atoms with E-state index in [9.17, 15) is 9.90 Å². The number of hydrogen-bond acceptors (Lipinski definition) is 5. The van der Waals surface area contributed by atoms with Crippen molar-refractivity contribution in [3.63, 3.8) is 0 Å². The zero-order chi connectivity index (χ0) is 20.2. The van der Waals surface area contributed by atoms with Crippen LogP contribution in [-0.2, 0) is 23.0 Å². The van der Waals surface area contributed by atoms with Gasteiger partial charge in [0.25, 0.3) is 0 Å². The fourth-order valence-electron chi connectivity index (χ4n) is 4.49. The molecule has 29 heavy (non-hydrogen) atoms. The number of aromatic nitrogens is 2. The normalized spacial score (nSPS) is 23.3. The van der Waals surface area contributed by atoms with Crippen LogP contribution in [0.5, 0.6) is 5.75 Å². The predicted octanol–water partition coefficient (Wildman–Crippen LogP) is 2.12. The monoisotopic (exact) mass is 398 g/mol. The average molecular weight is 399 g/mol. The second-order valence-corrected chi connectivity index (χ2v) is 8.10. The van der Waals surface area contributed by atoms with E-state index in [1.165, 1.54) is 19.3 Å². The zero-order valence-corrected chi connectivity index (χ0v) is 17.0. The number of carbonyl (C=O) groups is 1. The third-order valence-electron chi connectivity index (χ3n) is 5.89. The summed E-state index contributed by atoms with van der Waals surface area (Å²) in [5, 5.41) is 14.1. The lowest BCUT2D eigenvalue weighted by molar-refractivity contribution is -0.148. The van der Waals surface area contributed by atoms with Gasteiger partial charge in [-0.05, 0) is 43.6 Å². The van der Waals surface area contributed by atoms with Gasteiger partial charge in [0.2, 0.25) is 5.91 Å². The first-order valence-corrected chi connectivity index (χ1v) is 10.5. The third kappa shape index (κ3) is 4.79. The van der Waals surface area contributed by atoms with Crippen LogP contribution in [0.15, 0.2) is 36.7 Å². The molecule has 4 rings (SSSR count). The summed E-state index contributed by atoms with van der Waals surface area (Å²) in [6.07, 6.45) is 7.77. The highest BCUT2D eigenvalue weighted by Crippen LogP contribution is 2.31. The number of likely N-dealkylation sites (tertiary alicyclic amines) is 1. The molecule has 156 valence electrons. The topological polar surface area (TPSA) is 70.8 Å². The van der Waals surface area contributed by atoms with E-state index in [1.54, 1.807) is 22.9 Å². The summed E-state index contributed by atoms with van der Waals surface area (Å²) in [6.45, 7) is 4.12. The summed E-state index contributed by atoms with van der Waals surface area (Å²) in [7, 11) is 1.89. The summed E-state index contributed by atoms with van der Waals surface area (Å²) >= 11 is 0. The fraction of sp³-hybridized carbons (Fsp3) is 0.545. The Labute approximate surface area is 171 Å². The van der Waals surface area contributed by atoms with Crippen molar-refractivity contribution in [1.29, 1.82) is 0 Å². The molecule has 7 heteroatoms. The molecule has 1 aromatic heterocycles. The van der Waals surface area contributed by atoms with E-state index in [4.69, 9.17) is 4.74 Å². The van der Waals surface area contributed by atoms with Crippen LogP contribution in [0.3, 0.4) is 0 Å². The molecule has 0 bridgehead atoms. The molecule has 2 aromatic rings. The molecule has 0 spiro atoms. The van der Waals surface area contributed by atoms with Crippen molar-refractivity contribution >= 4 is 5.91 Å². The van der Waals surface area contributed by atoms with E-state index >= 15 is 0 Å². The quantitative estimate of drug-likeness (QED) is 0.835. The lowest BCUT2D eigenvalue weighted by Crippen LogP contribution is -2.52. The Hall–Kier alpha value is -2.38. The SMILES string of the molecule is Cn1cc([C@H]2[C@H](CN3CCCCC3)OCCN2C(=O)Cc2cccc(O)c2)cn1. The number of carbonyl (C=O) groups excluding carboxylic acids is 1. The maximum absolute atomic E-state index is 13.3. The number of nitrogens with zero attached hydrogens (tertiary/aromatic N) is 4. The van der Waals surface area contributed by atoms with Gasteiger partial charge in [-0.1, -0.05) is 18.6 Å². The number of aryl methyl sites for hydroxylation is 1. The van der Waals surface area contributed by atoms with Crippen molar-refractivity contribution in [3.05, 3.63) is 47.8 Å². The van der Waals surface area contributed by atoms with E-state index in [2.05, 4.69) is 10.00 Å². The van der Waals surface area contributed by atoms with Crippen LogP contribution in [0, 0.1) is 0 Å². The Morgan fingerprint density at radius 2 is 2.07 bits per heavy atom. The maximum Gasteiger partial charge on any atom is 0.227 e. The number of benzene rings is 1. The number of hydrogen-bond donors (Lipinski definition) is 1. The van der Waals surface area contributed by atoms with Crippen LogP contribution < -0.4 is 0 Å². The van der Waals surface area contributed by atoms with Crippen LogP contribution in [0.1, 0.15) is 36.4 Å². The summed E-state index contributed by atoms with van der Waals surface area (Å²) < 4.78 is 7.97. The molecule has 2 aliphatic rings. The van der Waals surface area contributed by atoms with E-state index < -0.39 is 0 Å². The Balaban J connectivity index is 1.55. The first-order valence-electron chi connectivity index (χ1n) is 10.5. The Bertz CT molecular complexity index is 831. The molecular formula is C22H30N4O3. The van der Waals surface area contributed by atoms with Crippen LogP contribution in [0.25, 0.3) is 0 Å². The standard InChI is InChI=1S/C22H30N4O3/c1-24-15-18(14-23-24)22-20(16-25-8-3-2-4-9-25)29-11-10-26(22)21(28)13-17-6-5-7-19(27)12-17/h5-7,12,14-15,20,22,27H,2-4,8-11,13,16H2,1H3/t20-,22-/m0/s1. The van der Waals surface area contributed by atoms with Gasteiger partial charge in [-0.3, -0.25) is 9.48 Å². The average Bonchev–Trinajstić information content (AvgIpc) is 3.14. The number of amides is 1. The summed E-state index contributed by atoms with van der Waals surface area (Å²) in [5.74, 6) is 0.237. The number of aromatic hydroxyl groups is 1. The molecule has 0 radical (unpaired) electrons. The highest BCUT2D eigenvalue weighted by atomic mass is 16.5. The van der Waals surface area contributed by atoms with Gasteiger partial charge in [-0.2, -0.15) is 5.10 Å². The largest absolute Gasteiger partial charge is 0.508 e. The van der Waals surface area contributed by atoms with Gasteiger partial charge >= 0.3 is 0 Å². The fourth-order valence-corrected chi connectivity index (χ4v) is 4.49. The molecule has 2 saturated heterocycles. The molecule has 0 saturated carbocycles. The van der Waals surface area contributed by atoms with Gasteiger partial charge in [0.05, 0.1) is 31.4 Å². The van der Waals surface area contributed by atoms with Crippen molar-refractivity contribution in [3.8, 4) is 5.75 Å². The highest BCUT2D eigenvalue weighted by molar-refractivity contribution is 5.79. The van der Waals surface area contributed by atoms with Crippen LogP contribution in [-0.4, -0.2) is 69.5 Å². The van der Waals surface area contributed by atoms with Crippen LogP contribution in [0.4, 0.5) is 0 Å².